The number of ketones is 1. The number of nitrogens with zero attached hydrogens (tertiary/aromatic N) is 1. The summed E-state index contributed by atoms with van der Waals surface area (Å²) in [6.45, 7) is 10.6. The van der Waals surface area contributed by atoms with Crippen LogP contribution in [0.4, 0.5) is 0 Å². The van der Waals surface area contributed by atoms with E-state index in [4.69, 9.17) is 4.74 Å². The number of morpholine rings is 1. The fraction of sp³-hybridized carbons (Fsp3) is 0.909. The summed E-state index contributed by atoms with van der Waals surface area (Å²) >= 11 is 0. The van der Waals surface area contributed by atoms with E-state index in [1.807, 2.05) is 13.8 Å². The van der Waals surface area contributed by atoms with Gasteiger partial charge in [0.1, 0.15) is 6.10 Å². The fourth-order valence-electron chi connectivity index (χ4n) is 1.68. The number of rotatable bonds is 3. The van der Waals surface area contributed by atoms with E-state index in [1.54, 1.807) is 0 Å². The molecule has 3 nitrogen and oxygen atoms in total. The molecule has 0 spiro atoms. The average Bonchev–Trinajstić information content (AvgIpc) is 2.16. The first-order chi connectivity index (χ1) is 6.52. The molecule has 1 saturated heterocycles. The number of Topliss-reactive ketones (excluding diaryl/α,β-unsaturated/α-hetero) is 1. The monoisotopic (exact) mass is 199 g/mol. The highest BCUT2D eigenvalue weighted by molar-refractivity contribution is 5.85. The molecule has 3 heteroatoms. The Balaban J connectivity index is 2.51. The summed E-state index contributed by atoms with van der Waals surface area (Å²) in [7, 11) is 0. The second-order valence-electron chi connectivity index (χ2n) is 4.51. The van der Waals surface area contributed by atoms with Crippen LogP contribution in [0, 0.1) is 5.92 Å². The van der Waals surface area contributed by atoms with Crippen molar-refractivity contribution in [2.45, 2.75) is 39.8 Å². The van der Waals surface area contributed by atoms with Crippen LogP contribution in [0.1, 0.15) is 27.7 Å². The second-order valence-corrected chi connectivity index (χ2v) is 4.51. The molecular formula is C11H21NO2. The summed E-state index contributed by atoms with van der Waals surface area (Å²) in [5, 5.41) is 0. The second kappa shape index (κ2) is 4.89. The molecule has 0 aromatic rings. The molecule has 1 atom stereocenters. The Morgan fingerprint density at radius 1 is 1.36 bits per heavy atom. The lowest BCUT2D eigenvalue weighted by Crippen LogP contribution is -2.49. The molecule has 0 amide bonds. The van der Waals surface area contributed by atoms with Gasteiger partial charge in [-0.2, -0.15) is 0 Å². The molecule has 0 N–H and O–H groups in total. The Labute approximate surface area is 86.4 Å². The Bertz CT molecular complexity index is 201. The van der Waals surface area contributed by atoms with Crippen LogP contribution in [0.15, 0.2) is 0 Å². The van der Waals surface area contributed by atoms with Crippen molar-refractivity contribution in [3.05, 3.63) is 0 Å². The third-order valence-electron chi connectivity index (χ3n) is 2.71. The van der Waals surface area contributed by atoms with Gasteiger partial charge in [-0.1, -0.05) is 13.8 Å². The van der Waals surface area contributed by atoms with E-state index in [0.717, 1.165) is 13.1 Å². The first kappa shape index (κ1) is 11.7. The summed E-state index contributed by atoms with van der Waals surface area (Å²) in [5.74, 6) is 0.308. The Morgan fingerprint density at radius 2 is 2.00 bits per heavy atom. The molecule has 0 aliphatic carbocycles. The van der Waals surface area contributed by atoms with Gasteiger partial charge in [-0.15, -0.1) is 0 Å². The van der Waals surface area contributed by atoms with Gasteiger partial charge in [0.15, 0.2) is 5.78 Å². The van der Waals surface area contributed by atoms with Crippen molar-refractivity contribution in [3.63, 3.8) is 0 Å². The Hall–Kier alpha value is -0.410. The van der Waals surface area contributed by atoms with Crippen molar-refractivity contribution in [2.75, 3.05) is 19.7 Å². The van der Waals surface area contributed by atoms with E-state index < -0.39 is 0 Å². The van der Waals surface area contributed by atoms with Crippen molar-refractivity contribution in [1.29, 1.82) is 0 Å². The van der Waals surface area contributed by atoms with Crippen molar-refractivity contribution in [3.8, 4) is 0 Å². The van der Waals surface area contributed by atoms with Crippen molar-refractivity contribution in [2.24, 2.45) is 5.92 Å². The summed E-state index contributed by atoms with van der Waals surface area (Å²) in [6.07, 6.45) is -0.203. The van der Waals surface area contributed by atoms with Crippen LogP contribution in [-0.2, 0) is 9.53 Å². The van der Waals surface area contributed by atoms with Gasteiger partial charge in [-0.25, -0.2) is 0 Å². The lowest BCUT2D eigenvalue weighted by atomic mass is 10.0. The largest absolute Gasteiger partial charge is 0.368 e. The standard InChI is InChI=1S/C11H21NO2/c1-8(2)11(13)10-7-12(9(3)4)5-6-14-10/h8-10H,5-7H2,1-4H3. The predicted molar refractivity (Wildman–Crippen MR) is 56.3 cm³/mol. The van der Waals surface area contributed by atoms with Crippen LogP contribution in [0.3, 0.4) is 0 Å². The zero-order valence-electron chi connectivity index (χ0n) is 9.62. The molecule has 14 heavy (non-hydrogen) atoms. The van der Waals surface area contributed by atoms with Crippen LogP contribution in [0.25, 0.3) is 0 Å². The maximum Gasteiger partial charge on any atom is 0.165 e. The molecule has 82 valence electrons. The molecule has 0 aromatic carbocycles. The van der Waals surface area contributed by atoms with Gasteiger partial charge in [0.05, 0.1) is 6.61 Å². The highest BCUT2D eigenvalue weighted by atomic mass is 16.5. The molecule has 1 fully saturated rings. The van der Waals surface area contributed by atoms with Gasteiger partial charge in [0.25, 0.3) is 0 Å². The number of carbonyl (C=O) groups is 1. The van der Waals surface area contributed by atoms with Crippen molar-refractivity contribution in [1.82, 2.24) is 4.90 Å². The maximum absolute atomic E-state index is 11.7. The Kier molecular flexibility index (Phi) is 4.08. The molecule has 1 rings (SSSR count). The minimum atomic E-state index is -0.203. The molecule has 0 aromatic heterocycles. The van der Waals surface area contributed by atoms with Gasteiger partial charge >= 0.3 is 0 Å². The molecule has 1 heterocycles. The maximum atomic E-state index is 11.7. The summed E-state index contributed by atoms with van der Waals surface area (Å²) in [6, 6.07) is 0.501. The number of hydrogen-bond donors (Lipinski definition) is 0. The van der Waals surface area contributed by atoms with Crippen molar-refractivity contribution >= 4 is 5.78 Å². The van der Waals surface area contributed by atoms with Gasteiger partial charge in [-0.05, 0) is 13.8 Å². The molecule has 0 bridgehead atoms. The lowest BCUT2D eigenvalue weighted by molar-refractivity contribution is -0.140. The zero-order valence-corrected chi connectivity index (χ0v) is 9.62. The average molecular weight is 199 g/mol. The van der Waals surface area contributed by atoms with Gasteiger partial charge < -0.3 is 4.74 Å². The molecular weight excluding hydrogens is 178 g/mol. The number of carbonyl (C=O) groups excluding carboxylic acids is 1. The first-order valence-corrected chi connectivity index (χ1v) is 5.41. The summed E-state index contributed by atoms with van der Waals surface area (Å²) in [4.78, 5) is 14.0. The van der Waals surface area contributed by atoms with Gasteiger partial charge in [0.2, 0.25) is 0 Å². The van der Waals surface area contributed by atoms with Gasteiger partial charge in [0, 0.05) is 25.0 Å². The van der Waals surface area contributed by atoms with Crippen LogP contribution in [0.2, 0.25) is 0 Å². The predicted octanol–water partition coefficient (Wildman–Crippen LogP) is 1.32. The SMILES string of the molecule is CC(C)C(=O)C1CN(C(C)C)CCO1. The van der Waals surface area contributed by atoms with Crippen LogP contribution in [0.5, 0.6) is 0 Å². The Morgan fingerprint density at radius 3 is 2.50 bits per heavy atom. The van der Waals surface area contributed by atoms with Crippen LogP contribution in [-0.4, -0.2) is 42.5 Å². The van der Waals surface area contributed by atoms with E-state index in [1.165, 1.54) is 0 Å². The quantitative estimate of drug-likeness (QED) is 0.686. The highest BCUT2D eigenvalue weighted by Gasteiger charge is 2.28. The molecule has 1 unspecified atom stereocenters. The minimum absolute atomic E-state index is 0.0760. The highest BCUT2D eigenvalue weighted by Crippen LogP contribution is 2.12. The van der Waals surface area contributed by atoms with E-state index in [9.17, 15) is 4.79 Å². The number of ether oxygens (including phenoxy) is 1. The van der Waals surface area contributed by atoms with E-state index in [2.05, 4.69) is 18.7 Å². The van der Waals surface area contributed by atoms with Crippen molar-refractivity contribution < 1.29 is 9.53 Å². The topological polar surface area (TPSA) is 29.5 Å². The smallest absolute Gasteiger partial charge is 0.165 e. The fourth-order valence-corrected chi connectivity index (χ4v) is 1.68. The van der Waals surface area contributed by atoms with Crippen LogP contribution >= 0.6 is 0 Å². The lowest BCUT2D eigenvalue weighted by Gasteiger charge is -2.35. The minimum Gasteiger partial charge on any atom is -0.368 e. The molecule has 1 aliphatic rings. The third kappa shape index (κ3) is 2.79. The molecule has 0 radical (unpaired) electrons. The summed E-state index contributed by atoms with van der Waals surface area (Å²) in [5.41, 5.74) is 0. The third-order valence-corrected chi connectivity index (χ3v) is 2.71. The van der Waals surface area contributed by atoms with E-state index >= 15 is 0 Å². The summed E-state index contributed by atoms with van der Waals surface area (Å²) < 4.78 is 5.49. The normalized spacial score (nSPS) is 24.6. The number of hydrogen-bond acceptors (Lipinski definition) is 3. The van der Waals surface area contributed by atoms with E-state index in [-0.39, 0.29) is 17.8 Å². The van der Waals surface area contributed by atoms with E-state index in [0.29, 0.717) is 12.6 Å². The zero-order chi connectivity index (χ0) is 10.7. The molecule has 0 saturated carbocycles. The first-order valence-electron chi connectivity index (χ1n) is 5.41. The van der Waals surface area contributed by atoms with Crippen LogP contribution < -0.4 is 0 Å². The molecule has 1 aliphatic heterocycles. The van der Waals surface area contributed by atoms with Gasteiger partial charge in [-0.3, -0.25) is 9.69 Å².